The summed E-state index contributed by atoms with van der Waals surface area (Å²) in [5.41, 5.74) is 0. The third-order valence-electron chi connectivity index (χ3n) is 8.76. The number of aliphatic carboxylic acids is 2. The summed E-state index contributed by atoms with van der Waals surface area (Å²) in [5.74, 6) is -5.57. The predicted octanol–water partition coefficient (Wildman–Crippen LogP) is 2.79. The average Bonchev–Trinajstić information content (AvgIpc) is 3.51. The molecule has 322 valence electrons. The molecule has 2 N–H and O–H groups in total. The maximum Gasteiger partial charge on any atom is 0.410 e. The van der Waals surface area contributed by atoms with E-state index in [1.54, 1.807) is 14.1 Å². The number of unbranched alkanes of at least 4 members (excludes halogenated alkanes) is 10. The summed E-state index contributed by atoms with van der Waals surface area (Å²) in [6.07, 6.45) is 10.5. The molecule has 1 aliphatic rings. The summed E-state index contributed by atoms with van der Waals surface area (Å²) in [4.78, 5) is 91.8. The van der Waals surface area contributed by atoms with Crippen molar-refractivity contribution in [2.75, 3.05) is 92.9 Å². The number of esters is 4. The van der Waals surface area contributed by atoms with E-state index in [9.17, 15) is 33.6 Å². The molecule has 18 heteroatoms. The second-order valence-corrected chi connectivity index (χ2v) is 14.3. The number of nitrogens with zero attached hydrogens (tertiary/aromatic N) is 4. The second-order valence-electron chi connectivity index (χ2n) is 14.3. The highest BCUT2D eigenvalue weighted by atomic mass is 16.6. The topological polar surface area (TPSA) is 219 Å². The third-order valence-corrected chi connectivity index (χ3v) is 8.76. The molecule has 18 nitrogen and oxygen atoms in total. The molecule has 0 aromatic heterocycles. The van der Waals surface area contributed by atoms with Crippen molar-refractivity contribution in [1.29, 1.82) is 0 Å². The van der Waals surface area contributed by atoms with Gasteiger partial charge >= 0.3 is 41.9 Å². The molecule has 0 aliphatic carbocycles. The van der Waals surface area contributed by atoms with E-state index in [1.165, 1.54) is 9.80 Å². The van der Waals surface area contributed by atoms with E-state index in [0.717, 1.165) is 69.1 Å². The largest absolute Gasteiger partial charge is 0.480 e. The van der Waals surface area contributed by atoms with E-state index in [2.05, 4.69) is 13.8 Å². The van der Waals surface area contributed by atoms with E-state index >= 15 is 0 Å². The Balaban J connectivity index is 2.91. The Labute approximate surface area is 331 Å². The number of rotatable bonds is 32. The highest BCUT2D eigenvalue weighted by molar-refractivity contribution is 5.79. The molecule has 1 fully saturated rings. The van der Waals surface area contributed by atoms with Gasteiger partial charge < -0.3 is 38.8 Å². The first-order chi connectivity index (χ1) is 26.7. The van der Waals surface area contributed by atoms with Crippen molar-refractivity contribution < 1.29 is 67.5 Å². The lowest BCUT2D eigenvalue weighted by Gasteiger charge is -2.24. The average molecular weight is 803 g/mol. The highest BCUT2D eigenvalue weighted by Gasteiger charge is 2.39. The first-order valence-electron chi connectivity index (χ1n) is 19.9. The lowest BCUT2D eigenvalue weighted by Crippen LogP contribution is -2.42. The monoisotopic (exact) mass is 802 g/mol. The Bertz CT molecular complexity index is 1160. The molecule has 1 amide bonds. The normalized spacial score (nSPS) is 15.2. The Hall–Kier alpha value is -4.03. The molecule has 0 spiro atoms. The van der Waals surface area contributed by atoms with E-state index in [-0.39, 0.29) is 52.5 Å². The maximum atomic E-state index is 13.2. The summed E-state index contributed by atoms with van der Waals surface area (Å²) in [6.45, 7) is 1.49. The first-order valence-corrected chi connectivity index (χ1v) is 19.9. The lowest BCUT2D eigenvalue weighted by molar-refractivity contribution is -0.155. The summed E-state index contributed by atoms with van der Waals surface area (Å²) in [5, 5.41) is 18.1. The van der Waals surface area contributed by atoms with Gasteiger partial charge in [0.05, 0.1) is 65.1 Å². The number of carbonyl (C=O) groups is 7. The molecule has 2 atom stereocenters. The zero-order chi connectivity index (χ0) is 41.7. The van der Waals surface area contributed by atoms with Gasteiger partial charge in [-0.15, -0.1) is 0 Å². The van der Waals surface area contributed by atoms with Crippen molar-refractivity contribution in [1.82, 2.24) is 19.6 Å². The number of carbonyl (C=O) groups excluding carboxylic acids is 5. The summed E-state index contributed by atoms with van der Waals surface area (Å²) in [7, 11) is 3.60. The minimum atomic E-state index is -1.33. The van der Waals surface area contributed by atoms with Crippen LogP contribution in [-0.2, 0) is 52.5 Å². The van der Waals surface area contributed by atoms with Crippen LogP contribution >= 0.6 is 0 Å². The molecule has 0 radical (unpaired) electrons. The molecule has 0 aromatic rings. The van der Waals surface area contributed by atoms with Crippen molar-refractivity contribution in [3.05, 3.63) is 0 Å². The van der Waals surface area contributed by atoms with Gasteiger partial charge in [0.15, 0.2) is 0 Å². The second kappa shape index (κ2) is 30.2. The fraction of sp³-hybridized carbons (Fsp3) is 0.816. The zero-order valence-electron chi connectivity index (χ0n) is 33.9. The summed E-state index contributed by atoms with van der Waals surface area (Å²) < 4.78 is 27.1. The fourth-order valence-corrected chi connectivity index (χ4v) is 5.87. The molecule has 0 bridgehead atoms. The van der Waals surface area contributed by atoms with Crippen LogP contribution in [0, 0.1) is 0 Å². The molecule has 1 aliphatic heterocycles. The molecule has 1 heterocycles. The maximum absolute atomic E-state index is 13.2. The molecular weight excluding hydrogens is 736 g/mol. The van der Waals surface area contributed by atoms with Crippen LogP contribution in [0.5, 0.6) is 0 Å². The van der Waals surface area contributed by atoms with Crippen LogP contribution in [0.4, 0.5) is 4.79 Å². The summed E-state index contributed by atoms with van der Waals surface area (Å²) >= 11 is 0. The predicted molar refractivity (Wildman–Crippen MR) is 203 cm³/mol. The number of ether oxygens (including phenoxy) is 5. The number of hydrogen-bond acceptors (Lipinski definition) is 15. The van der Waals surface area contributed by atoms with E-state index < -0.39 is 80.2 Å². The van der Waals surface area contributed by atoms with E-state index in [0.29, 0.717) is 19.4 Å². The number of likely N-dealkylation sites (N-methyl/N-ethyl adjacent to an activating group) is 1. The van der Waals surface area contributed by atoms with Crippen LogP contribution < -0.4 is 0 Å². The molecule has 56 heavy (non-hydrogen) atoms. The van der Waals surface area contributed by atoms with E-state index in [1.807, 2.05) is 4.90 Å². The smallest absolute Gasteiger partial charge is 0.410 e. The van der Waals surface area contributed by atoms with Crippen molar-refractivity contribution >= 4 is 41.9 Å². The van der Waals surface area contributed by atoms with Crippen LogP contribution in [0.2, 0.25) is 0 Å². The summed E-state index contributed by atoms with van der Waals surface area (Å²) in [6, 6.07) is -0.805. The minimum Gasteiger partial charge on any atom is -0.480 e. The zero-order valence-corrected chi connectivity index (χ0v) is 33.9. The van der Waals surface area contributed by atoms with Gasteiger partial charge in [-0.05, 0) is 26.9 Å². The van der Waals surface area contributed by atoms with Gasteiger partial charge in [-0.3, -0.25) is 43.5 Å². The standard InChI is InChI=1S/C38H66N4O14/c1-5-7-9-11-13-15-18-52-34(47)25-41(26-35(48)53-19-16-14-12-10-8-6-2)28-37(50)56-31-21-30(42(22-31)38(51)54-20-17-39(3)4)29-55-36(49)27-40(23-32(43)44)24-33(45)46/h30-31H,5-29H2,1-4H3,(H,43,44)(H,45,46)/t30-,31+/m1/s1. The van der Waals surface area contributed by atoms with E-state index in [4.69, 9.17) is 33.9 Å². The van der Waals surface area contributed by atoms with Gasteiger partial charge in [0, 0.05) is 13.0 Å². The van der Waals surface area contributed by atoms with Crippen LogP contribution in [0.15, 0.2) is 0 Å². The number of amides is 1. The highest BCUT2D eigenvalue weighted by Crippen LogP contribution is 2.22. The number of carboxylic acids is 2. The Kier molecular flexibility index (Phi) is 26.9. The Morgan fingerprint density at radius 1 is 0.571 bits per heavy atom. The SMILES string of the molecule is CCCCCCCCOC(=O)CN(CC(=O)OCCCCCCCC)CC(=O)O[C@H]1C[C@H](COC(=O)CN(CC(=O)O)CC(=O)O)N(C(=O)OCCN(C)C)C1. The minimum absolute atomic E-state index is 0.0381. The molecule has 0 unspecified atom stereocenters. The van der Waals surface area contributed by atoms with Crippen LogP contribution in [-0.4, -0.2) is 177 Å². The van der Waals surface area contributed by atoms with Crippen LogP contribution in [0.25, 0.3) is 0 Å². The van der Waals surface area contributed by atoms with Crippen molar-refractivity contribution in [3.8, 4) is 0 Å². The fourth-order valence-electron chi connectivity index (χ4n) is 5.87. The van der Waals surface area contributed by atoms with Gasteiger partial charge in [0.1, 0.15) is 19.3 Å². The number of hydrogen-bond donors (Lipinski definition) is 2. The van der Waals surface area contributed by atoms with Gasteiger partial charge in [0.25, 0.3) is 0 Å². The Morgan fingerprint density at radius 3 is 1.50 bits per heavy atom. The molecule has 0 saturated carbocycles. The van der Waals surface area contributed by atoms with Crippen LogP contribution in [0.1, 0.15) is 97.3 Å². The molecule has 1 rings (SSSR count). The van der Waals surface area contributed by atoms with Gasteiger partial charge in [0.2, 0.25) is 0 Å². The number of likely N-dealkylation sites (tertiary alicyclic amines) is 1. The van der Waals surface area contributed by atoms with Crippen molar-refractivity contribution in [2.45, 2.75) is 109 Å². The van der Waals surface area contributed by atoms with Gasteiger partial charge in [-0.1, -0.05) is 78.1 Å². The first kappa shape index (κ1) is 50.0. The third kappa shape index (κ3) is 25.2. The van der Waals surface area contributed by atoms with Crippen molar-refractivity contribution in [3.63, 3.8) is 0 Å². The van der Waals surface area contributed by atoms with Gasteiger partial charge in [-0.2, -0.15) is 0 Å². The van der Waals surface area contributed by atoms with Crippen molar-refractivity contribution in [2.24, 2.45) is 0 Å². The van der Waals surface area contributed by atoms with Gasteiger partial charge in [-0.25, -0.2) is 4.79 Å². The molecule has 1 saturated heterocycles. The molecular formula is C38H66N4O14. The number of carboxylic acid groups (broad SMARTS) is 2. The molecule has 0 aromatic carbocycles. The van der Waals surface area contributed by atoms with Crippen LogP contribution in [0.3, 0.4) is 0 Å². The quantitative estimate of drug-likeness (QED) is 0.0568. The Morgan fingerprint density at radius 2 is 1.02 bits per heavy atom. The lowest BCUT2D eigenvalue weighted by atomic mass is 10.1.